The number of hydrogen-bond acceptors (Lipinski definition) is 25. The Hall–Kier alpha value is -11.0. The molecule has 0 fully saturated rings. The first kappa shape index (κ1) is 110. The Labute approximate surface area is 733 Å². The van der Waals surface area contributed by atoms with Crippen molar-refractivity contribution in [1.29, 1.82) is 10.8 Å². The number of aromatic nitrogens is 2. The number of thioether (sulfide) groups is 1. The van der Waals surface area contributed by atoms with E-state index in [1.807, 2.05) is 13.8 Å². The van der Waals surface area contributed by atoms with E-state index in [0.29, 0.717) is 56.5 Å². The summed E-state index contributed by atoms with van der Waals surface area (Å²) in [6.45, 7) is 13.2. The number of carboxylic acids is 1. The number of nitrogens with zero attached hydrogens (tertiary/aromatic N) is 1. The molecule has 0 aliphatic rings. The molecule has 45 heteroatoms. The summed E-state index contributed by atoms with van der Waals surface area (Å²) >= 11 is 1.21. The molecule has 14 amide bonds. The fraction of sp³-hybridized carbons (Fsp3) is 0.675. The van der Waals surface area contributed by atoms with Crippen LogP contribution < -0.4 is 114 Å². The summed E-state index contributed by atoms with van der Waals surface area (Å²) in [5.41, 5.74) is 34.7. The van der Waals surface area contributed by atoms with E-state index in [-0.39, 0.29) is 145 Å². The number of primary amides is 1. The summed E-state index contributed by atoms with van der Waals surface area (Å²) in [5.74, 6) is -17.1. The molecule has 2 rings (SSSR count). The number of aliphatic hydroxyl groups is 2. The van der Waals surface area contributed by atoms with Gasteiger partial charge in [0, 0.05) is 43.7 Å². The zero-order valence-corrected chi connectivity index (χ0v) is 74.0. The minimum Gasteiger partial charge on any atom is -0.508 e. The molecule has 0 bridgehead atoms. The van der Waals surface area contributed by atoms with Crippen molar-refractivity contribution in [3.05, 3.63) is 48.0 Å². The van der Waals surface area contributed by atoms with Crippen LogP contribution in [0.5, 0.6) is 5.75 Å². The Bertz CT molecular complexity index is 3770. The number of imidazole rings is 1. The Balaban J connectivity index is 2.60. The number of carbonyl (C=O) groups is 15. The van der Waals surface area contributed by atoms with E-state index in [0.717, 1.165) is 6.92 Å². The van der Waals surface area contributed by atoms with Gasteiger partial charge in [-0.25, -0.2) is 4.98 Å². The first-order valence-electron chi connectivity index (χ1n) is 42.3. The van der Waals surface area contributed by atoms with Gasteiger partial charge in [0.1, 0.15) is 84.3 Å². The van der Waals surface area contributed by atoms with Gasteiger partial charge < -0.3 is 140 Å². The van der Waals surface area contributed by atoms with Gasteiger partial charge in [0.2, 0.25) is 82.7 Å². The smallest absolute Gasteiger partial charge is 0.305 e. The number of H-pyrrole nitrogens is 1. The van der Waals surface area contributed by atoms with Gasteiger partial charge >= 0.3 is 5.97 Å². The number of phenols is 1. The maximum absolute atomic E-state index is 15.0. The van der Waals surface area contributed by atoms with Crippen molar-refractivity contribution in [3.63, 3.8) is 0 Å². The first-order valence-corrected chi connectivity index (χ1v) is 43.7. The number of benzene rings is 1. The SMILES string of the molecule is CSCC[C@H](NC(=O)[C@H](CO)NC(=O)[C@H](CCCNC(=N)N)NC(=O)[C@H](CC(C)C)NC(=O)[C@H](CCCCN)NC(=O)[C@@H](C)CCCCN)C(=O)N[C@H](C(=O)N[C@@H](CC(=O)O)C(=O)N[C@@H](CCCCN)C(=O)N[C@@H](Cc1ccc(O)cc1)C(=O)N[C@@H](CCCNC(=N)N)C(=O)N[C@@H](CC(C)C)C(=O)N[C@@H](Cc1cnc[nH]1)C(=O)N[C@@H](CC(C)C)C(N)=O)[C@@H](C)O. The molecule has 0 saturated heterocycles. The molecule has 0 aliphatic carbocycles. The summed E-state index contributed by atoms with van der Waals surface area (Å²) in [7, 11) is 0. The van der Waals surface area contributed by atoms with Crippen molar-refractivity contribution in [3.8, 4) is 5.75 Å². The minimum absolute atomic E-state index is 0.00385. The summed E-state index contributed by atoms with van der Waals surface area (Å²) in [5, 5.41) is 96.0. The van der Waals surface area contributed by atoms with Crippen molar-refractivity contribution in [1.82, 2.24) is 89.7 Å². The van der Waals surface area contributed by atoms with Crippen LogP contribution in [-0.2, 0) is 84.8 Å². The van der Waals surface area contributed by atoms with E-state index in [9.17, 15) is 92.3 Å². The number of hydrogen-bond donors (Lipinski definition) is 28. The van der Waals surface area contributed by atoms with Gasteiger partial charge in [-0.05, 0) is 177 Å². The predicted molar refractivity (Wildman–Crippen MR) is 467 cm³/mol. The average molecular weight is 1790 g/mol. The lowest BCUT2D eigenvalue weighted by Crippen LogP contribution is -2.62. The third-order valence-corrected chi connectivity index (χ3v) is 20.4. The lowest BCUT2D eigenvalue weighted by molar-refractivity contribution is -0.142. The Morgan fingerprint density at radius 3 is 1.16 bits per heavy atom. The lowest BCUT2D eigenvalue weighted by atomic mass is 9.99. The van der Waals surface area contributed by atoms with Crippen LogP contribution in [0.3, 0.4) is 0 Å². The topological polar surface area (TPSA) is 750 Å². The van der Waals surface area contributed by atoms with Gasteiger partial charge in [-0.1, -0.05) is 67.0 Å². The highest BCUT2D eigenvalue weighted by Gasteiger charge is 2.40. The van der Waals surface area contributed by atoms with Crippen molar-refractivity contribution in [2.24, 2.45) is 58.1 Å². The molecule has 1 aromatic carbocycles. The van der Waals surface area contributed by atoms with Crippen LogP contribution in [0, 0.1) is 34.5 Å². The van der Waals surface area contributed by atoms with E-state index in [2.05, 4.69) is 89.7 Å². The third kappa shape index (κ3) is 44.4. The number of aromatic amines is 1. The van der Waals surface area contributed by atoms with Crippen molar-refractivity contribution >= 4 is 112 Å². The Morgan fingerprint density at radius 1 is 0.424 bits per heavy atom. The molecule has 0 spiro atoms. The van der Waals surface area contributed by atoms with E-state index >= 15 is 0 Å². The molecule has 0 unspecified atom stereocenters. The van der Waals surface area contributed by atoms with Crippen LogP contribution in [-0.4, -0.2) is 267 Å². The number of carbonyl (C=O) groups excluding carboxylic acids is 14. The molecule has 15 atom stereocenters. The van der Waals surface area contributed by atoms with Crippen LogP contribution in [0.1, 0.15) is 182 Å². The molecule has 44 nitrogen and oxygen atoms in total. The van der Waals surface area contributed by atoms with Gasteiger partial charge in [-0.3, -0.25) is 82.7 Å². The highest BCUT2D eigenvalue weighted by molar-refractivity contribution is 7.98. The van der Waals surface area contributed by atoms with Gasteiger partial charge in [0.15, 0.2) is 11.9 Å². The molecule has 2 aromatic rings. The second kappa shape index (κ2) is 59.7. The minimum atomic E-state index is -2.10. The van der Waals surface area contributed by atoms with Crippen LogP contribution in [0.25, 0.3) is 0 Å². The zero-order chi connectivity index (χ0) is 94.0. The molecule has 0 saturated carbocycles. The number of nitrogens with one attached hydrogen (secondary N) is 18. The summed E-state index contributed by atoms with van der Waals surface area (Å²) in [6, 6.07) is -14.8. The molecular formula is C80H139N25O19S. The number of amides is 14. The largest absolute Gasteiger partial charge is 0.508 e. The van der Waals surface area contributed by atoms with Crippen molar-refractivity contribution < 1.29 is 92.3 Å². The molecule has 0 radical (unpaired) electrons. The summed E-state index contributed by atoms with van der Waals surface area (Å²) in [6.07, 6.45) is 3.71. The maximum Gasteiger partial charge on any atom is 0.305 e. The molecule has 704 valence electrons. The number of phenolic OH excluding ortho intramolecular Hbond substituents is 1. The van der Waals surface area contributed by atoms with Gasteiger partial charge in [0.25, 0.3) is 0 Å². The van der Waals surface area contributed by atoms with Gasteiger partial charge in [-0.2, -0.15) is 11.8 Å². The summed E-state index contributed by atoms with van der Waals surface area (Å²) in [4.78, 5) is 219. The maximum atomic E-state index is 15.0. The molecule has 1 heterocycles. The first-order chi connectivity index (χ1) is 59.1. The number of aromatic hydroxyl groups is 1. The number of unbranched alkanes of at least 4 members (excludes halogenated alkanes) is 3. The normalized spacial score (nSPS) is 14.9. The third-order valence-electron chi connectivity index (χ3n) is 19.7. The van der Waals surface area contributed by atoms with Crippen LogP contribution in [0.4, 0.5) is 0 Å². The molecule has 1 aromatic heterocycles. The highest BCUT2D eigenvalue weighted by Crippen LogP contribution is 2.18. The standard InChI is InChI=1S/C80H139N25O19S/c1-43(2)34-56(65(84)111)98-75(121)60(38-49-40-89-42-92-49)102-73(119)58(36-45(5)6)100-69(115)53(21-16-31-90-79(85)86)96-74(120)59(37-48-23-25-50(108)26-24-48)101-68(114)52(20-12-15-30-83)94-76(122)61(39-63(109)110)103-78(124)64(47(8)107)105-71(117)55(27-33-125-9)97-77(123)62(41-106)104-70(116)54(22-17-32-91-80(87)88)95-72(118)57(35-44(3)4)99-67(113)51(19-11-14-29-82)93-66(112)46(7)18-10-13-28-81/h23-26,40,42-47,51-62,64,106-108H,10-22,27-39,41,81-83H2,1-9H3,(H2,84,111)(H,89,92)(H,93,112)(H,94,122)(H,95,118)(H,96,120)(H,97,123)(H,98,121)(H,99,113)(H,100,115)(H,101,114)(H,102,119)(H,103,124)(H,104,116)(H,105,117)(H,109,110)(H4,85,86,90)(H4,87,88,91)/t46-,47+,51-,52-,53-,54-,55-,56-,57-,58-,59-,60-,61-,62-,64-/m0/s1. The second-order valence-electron chi connectivity index (χ2n) is 32.2. The van der Waals surface area contributed by atoms with Crippen molar-refractivity contribution in [2.45, 2.75) is 268 Å². The number of aliphatic carboxylic acids is 1. The quantitative estimate of drug-likeness (QED) is 0.0167. The van der Waals surface area contributed by atoms with E-state index < -0.39 is 198 Å². The highest BCUT2D eigenvalue weighted by atomic mass is 32.2. The van der Waals surface area contributed by atoms with E-state index in [1.165, 1.54) is 48.6 Å². The second-order valence-corrected chi connectivity index (χ2v) is 33.2. The fourth-order valence-corrected chi connectivity index (χ4v) is 13.4. The number of carboxylic acid groups (broad SMARTS) is 1. The molecule has 125 heavy (non-hydrogen) atoms. The summed E-state index contributed by atoms with van der Waals surface area (Å²) < 4.78 is 0. The van der Waals surface area contributed by atoms with E-state index in [4.69, 9.17) is 45.2 Å². The van der Waals surface area contributed by atoms with E-state index in [1.54, 1.807) is 40.9 Å². The van der Waals surface area contributed by atoms with Crippen LogP contribution in [0.2, 0.25) is 0 Å². The molecule has 0 aliphatic heterocycles. The predicted octanol–water partition coefficient (Wildman–Crippen LogP) is -5.02. The average Bonchev–Trinajstić information content (AvgIpc) is 1.18. The fourth-order valence-electron chi connectivity index (χ4n) is 12.9. The van der Waals surface area contributed by atoms with Crippen LogP contribution in [0.15, 0.2) is 36.8 Å². The lowest BCUT2D eigenvalue weighted by Gasteiger charge is -2.29. The Kier molecular flexibility index (Phi) is 52.6. The molecular weight excluding hydrogens is 1650 g/mol. The number of rotatable bonds is 64. The molecule has 34 N–H and O–H groups in total. The Morgan fingerprint density at radius 2 is 0.768 bits per heavy atom. The monoisotopic (exact) mass is 1790 g/mol. The number of nitrogens with two attached hydrogens (primary N) is 6. The number of aliphatic hydroxyl groups excluding tert-OH is 2. The zero-order valence-electron chi connectivity index (χ0n) is 73.2. The van der Waals surface area contributed by atoms with Crippen molar-refractivity contribution in [2.75, 3.05) is 51.3 Å². The van der Waals surface area contributed by atoms with Crippen LogP contribution >= 0.6 is 11.8 Å². The van der Waals surface area contributed by atoms with Gasteiger partial charge in [0.05, 0.1) is 25.5 Å². The number of guanidine groups is 2. The van der Waals surface area contributed by atoms with Gasteiger partial charge in [-0.15, -0.1) is 0 Å².